The Morgan fingerprint density at radius 3 is 2.59 bits per heavy atom. The number of imidazole rings is 1. The van der Waals surface area contributed by atoms with Crippen LogP contribution in [-0.2, 0) is 11.3 Å². The molecule has 7 heteroatoms. The third-order valence-corrected chi connectivity index (χ3v) is 5.86. The number of carbonyl (C=O) groups is 1. The fourth-order valence-corrected chi connectivity index (χ4v) is 3.96. The van der Waals surface area contributed by atoms with Crippen molar-refractivity contribution in [1.82, 2.24) is 14.6 Å². The summed E-state index contributed by atoms with van der Waals surface area (Å²) >= 11 is 1.38. The molecule has 1 heterocycles. The van der Waals surface area contributed by atoms with Crippen LogP contribution in [0.4, 0.5) is 0 Å². The van der Waals surface area contributed by atoms with Crippen molar-refractivity contribution in [1.29, 1.82) is 0 Å². The molecule has 0 aliphatic heterocycles. The maximum atomic E-state index is 12.9. The number of ether oxygens (including phenoxy) is 1. The fraction of sp³-hybridized carbons (Fsp3) is 0.273. The molecule has 0 atom stereocenters. The van der Waals surface area contributed by atoms with E-state index in [2.05, 4.69) is 4.98 Å². The number of nitrogens with two attached hydrogens (primary N) is 1. The quantitative estimate of drug-likeness (QED) is 0.456. The van der Waals surface area contributed by atoms with Crippen LogP contribution in [-0.4, -0.2) is 39.4 Å². The van der Waals surface area contributed by atoms with Crippen LogP contribution in [0.1, 0.15) is 18.4 Å². The van der Waals surface area contributed by atoms with Gasteiger partial charge in [0.15, 0.2) is 5.16 Å². The van der Waals surface area contributed by atoms with E-state index in [-0.39, 0.29) is 5.91 Å². The van der Waals surface area contributed by atoms with Gasteiger partial charge in [-0.15, -0.1) is 0 Å². The normalized spacial score (nSPS) is 13.3. The molecule has 6 nitrogen and oxygen atoms in total. The van der Waals surface area contributed by atoms with Crippen molar-refractivity contribution < 1.29 is 9.53 Å². The Balaban J connectivity index is 1.40. The van der Waals surface area contributed by atoms with Crippen molar-refractivity contribution in [2.24, 2.45) is 0 Å². The predicted octanol–water partition coefficient (Wildman–Crippen LogP) is 3.56. The van der Waals surface area contributed by atoms with Crippen molar-refractivity contribution in [3.05, 3.63) is 66.4 Å². The van der Waals surface area contributed by atoms with Gasteiger partial charge in [0.1, 0.15) is 5.75 Å². The number of aromatic nitrogens is 2. The highest BCUT2D eigenvalue weighted by Crippen LogP contribution is 2.30. The Labute approximate surface area is 174 Å². The number of rotatable bonds is 8. The molecule has 1 amide bonds. The van der Waals surface area contributed by atoms with Gasteiger partial charge < -0.3 is 15.5 Å². The number of benzene rings is 2. The van der Waals surface area contributed by atoms with Crippen molar-refractivity contribution in [2.45, 2.75) is 30.6 Å². The number of methoxy groups -OCH3 is 1. The van der Waals surface area contributed by atoms with Gasteiger partial charge in [-0.2, -0.15) is 0 Å². The second-order valence-corrected chi connectivity index (χ2v) is 8.01. The molecule has 1 saturated carbocycles. The summed E-state index contributed by atoms with van der Waals surface area (Å²) in [5.74, 6) is 7.30. The SMILES string of the molecule is COc1ccc(CN(C(=O)CSc2nc(-c3ccccc3)cn2N)C2CC2)cc1. The monoisotopic (exact) mass is 408 g/mol. The molecule has 0 unspecified atom stereocenters. The van der Waals surface area contributed by atoms with Crippen LogP contribution in [0.25, 0.3) is 11.3 Å². The van der Waals surface area contributed by atoms with Crippen LogP contribution >= 0.6 is 11.8 Å². The van der Waals surface area contributed by atoms with Gasteiger partial charge in [-0.3, -0.25) is 4.79 Å². The maximum Gasteiger partial charge on any atom is 0.233 e. The van der Waals surface area contributed by atoms with Crippen LogP contribution < -0.4 is 10.6 Å². The van der Waals surface area contributed by atoms with Crippen molar-refractivity contribution in [3.8, 4) is 17.0 Å². The van der Waals surface area contributed by atoms with Crippen LogP contribution in [0.15, 0.2) is 66.0 Å². The van der Waals surface area contributed by atoms with Crippen LogP contribution in [0, 0.1) is 0 Å². The van der Waals surface area contributed by atoms with E-state index in [9.17, 15) is 4.79 Å². The zero-order chi connectivity index (χ0) is 20.2. The van der Waals surface area contributed by atoms with E-state index in [1.54, 1.807) is 13.3 Å². The molecule has 0 radical (unpaired) electrons. The molecule has 29 heavy (non-hydrogen) atoms. The molecule has 4 rings (SSSR count). The number of amides is 1. The summed E-state index contributed by atoms with van der Waals surface area (Å²) < 4.78 is 6.70. The lowest BCUT2D eigenvalue weighted by atomic mass is 10.2. The first kappa shape index (κ1) is 19.4. The molecular formula is C22H24N4O2S. The van der Waals surface area contributed by atoms with Gasteiger partial charge in [0.05, 0.1) is 24.8 Å². The Bertz CT molecular complexity index is 968. The number of hydrogen-bond donors (Lipinski definition) is 1. The zero-order valence-electron chi connectivity index (χ0n) is 16.3. The molecular weight excluding hydrogens is 384 g/mol. The minimum Gasteiger partial charge on any atom is -0.497 e. The van der Waals surface area contributed by atoms with Gasteiger partial charge in [-0.1, -0.05) is 54.2 Å². The summed E-state index contributed by atoms with van der Waals surface area (Å²) in [6.45, 7) is 0.611. The first-order valence-corrected chi connectivity index (χ1v) is 10.6. The van der Waals surface area contributed by atoms with Crippen LogP contribution in [0.2, 0.25) is 0 Å². The summed E-state index contributed by atoms with van der Waals surface area (Å²) in [6.07, 6.45) is 3.92. The van der Waals surface area contributed by atoms with Crippen molar-refractivity contribution in [3.63, 3.8) is 0 Å². The van der Waals surface area contributed by atoms with Gasteiger partial charge in [0, 0.05) is 18.2 Å². The van der Waals surface area contributed by atoms with Gasteiger partial charge in [-0.05, 0) is 30.5 Å². The Kier molecular flexibility index (Phi) is 5.76. The summed E-state index contributed by atoms with van der Waals surface area (Å²) in [7, 11) is 1.65. The lowest BCUT2D eigenvalue weighted by Crippen LogP contribution is -2.34. The van der Waals surface area contributed by atoms with E-state index >= 15 is 0 Å². The highest BCUT2D eigenvalue weighted by molar-refractivity contribution is 7.99. The average Bonchev–Trinajstić information content (AvgIpc) is 3.53. The molecule has 0 saturated heterocycles. The minimum absolute atomic E-state index is 0.109. The Hall–Kier alpha value is -2.93. The zero-order valence-corrected chi connectivity index (χ0v) is 17.1. The smallest absolute Gasteiger partial charge is 0.233 e. The first-order chi connectivity index (χ1) is 14.1. The highest BCUT2D eigenvalue weighted by atomic mass is 32.2. The van der Waals surface area contributed by atoms with Crippen LogP contribution in [0.3, 0.4) is 0 Å². The van der Waals surface area contributed by atoms with Gasteiger partial charge in [0.25, 0.3) is 0 Å². The fourth-order valence-electron chi connectivity index (χ4n) is 3.18. The summed E-state index contributed by atoms with van der Waals surface area (Å²) in [5.41, 5.74) is 2.91. The maximum absolute atomic E-state index is 12.9. The number of hydrogen-bond acceptors (Lipinski definition) is 5. The lowest BCUT2D eigenvalue weighted by molar-refractivity contribution is -0.129. The Morgan fingerprint density at radius 2 is 1.93 bits per heavy atom. The predicted molar refractivity (Wildman–Crippen MR) is 115 cm³/mol. The molecule has 1 aromatic heterocycles. The van der Waals surface area contributed by atoms with E-state index in [4.69, 9.17) is 10.6 Å². The van der Waals surface area contributed by atoms with Crippen molar-refractivity contribution >= 4 is 17.7 Å². The molecule has 0 spiro atoms. The number of carbonyl (C=O) groups excluding carboxylic acids is 1. The van der Waals surface area contributed by atoms with E-state index in [0.717, 1.165) is 35.4 Å². The van der Waals surface area contributed by atoms with E-state index in [0.29, 0.717) is 23.5 Å². The van der Waals surface area contributed by atoms with Gasteiger partial charge >= 0.3 is 0 Å². The molecule has 3 aromatic rings. The topological polar surface area (TPSA) is 73.4 Å². The minimum atomic E-state index is 0.109. The van der Waals surface area contributed by atoms with Crippen LogP contribution in [0.5, 0.6) is 5.75 Å². The molecule has 1 fully saturated rings. The number of nitrogen functional groups attached to an aromatic ring is 1. The largest absolute Gasteiger partial charge is 0.497 e. The van der Waals surface area contributed by atoms with E-state index < -0.39 is 0 Å². The molecule has 2 aromatic carbocycles. The van der Waals surface area contributed by atoms with E-state index in [1.807, 2.05) is 59.5 Å². The third kappa shape index (κ3) is 4.74. The summed E-state index contributed by atoms with van der Waals surface area (Å²) in [4.78, 5) is 19.5. The second kappa shape index (κ2) is 8.61. The standard InChI is InChI=1S/C22H24N4O2S/c1-28-19-11-7-16(8-12-19)13-25(18-9-10-18)21(27)15-29-22-24-20(14-26(22)23)17-5-3-2-4-6-17/h2-8,11-12,14,18H,9-10,13,15,23H2,1H3. The lowest BCUT2D eigenvalue weighted by Gasteiger charge is -2.22. The average molecular weight is 409 g/mol. The van der Waals surface area contributed by atoms with E-state index in [1.165, 1.54) is 16.4 Å². The Morgan fingerprint density at radius 1 is 1.21 bits per heavy atom. The van der Waals surface area contributed by atoms with Gasteiger partial charge in [0.2, 0.25) is 5.91 Å². The third-order valence-electron chi connectivity index (χ3n) is 4.91. The summed E-state index contributed by atoms with van der Waals surface area (Å²) in [5, 5.41) is 0.636. The molecule has 1 aliphatic rings. The second-order valence-electron chi connectivity index (χ2n) is 7.07. The molecule has 1 aliphatic carbocycles. The molecule has 2 N–H and O–H groups in total. The summed E-state index contributed by atoms with van der Waals surface area (Å²) in [6, 6.07) is 18.1. The molecule has 0 bridgehead atoms. The number of nitrogens with zero attached hydrogens (tertiary/aromatic N) is 3. The van der Waals surface area contributed by atoms with Gasteiger partial charge in [-0.25, -0.2) is 9.66 Å². The first-order valence-electron chi connectivity index (χ1n) is 9.59. The highest BCUT2D eigenvalue weighted by Gasteiger charge is 2.32. The number of thioether (sulfide) groups is 1. The molecule has 150 valence electrons. The van der Waals surface area contributed by atoms with Crippen molar-refractivity contribution in [2.75, 3.05) is 18.7 Å².